The second-order valence-electron chi connectivity index (χ2n) is 7.49. The van der Waals surface area contributed by atoms with Gasteiger partial charge in [-0.1, -0.05) is 34.1 Å². The summed E-state index contributed by atoms with van der Waals surface area (Å²) in [5.41, 5.74) is 1.64. The van der Waals surface area contributed by atoms with Crippen molar-refractivity contribution in [2.45, 2.75) is 44.1 Å². The number of likely N-dealkylation sites (tertiary alicyclic amines) is 1. The number of benzene rings is 1. The predicted molar refractivity (Wildman–Crippen MR) is 114 cm³/mol. The van der Waals surface area contributed by atoms with Crippen molar-refractivity contribution in [1.29, 1.82) is 0 Å². The van der Waals surface area contributed by atoms with Crippen LogP contribution in [-0.4, -0.2) is 49.6 Å². The fraction of sp³-hybridized carbons (Fsp3) is 0.571. The van der Waals surface area contributed by atoms with Crippen LogP contribution in [0.5, 0.6) is 0 Å². The highest BCUT2D eigenvalue weighted by atomic mass is 79.9. The van der Waals surface area contributed by atoms with E-state index in [4.69, 9.17) is 4.99 Å². The summed E-state index contributed by atoms with van der Waals surface area (Å²) < 4.78 is 1.15. The molecule has 1 aromatic carbocycles. The fourth-order valence-electron chi connectivity index (χ4n) is 3.69. The van der Waals surface area contributed by atoms with Gasteiger partial charge in [-0.2, -0.15) is 0 Å². The van der Waals surface area contributed by atoms with E-state index in [1.807, 2.05) is 6.08 Å². The quantitative estimate of drug-likeness (QED) is 0.402. The highest BCUT2D eigenvalue weighted by Crippen LogP contribution is 2.48. The molecular formula is C21H31BrN4. The molecule has 1 aromatic rings. The first-order valence-electron chi connectivity index (χ1n) is 9.79. The Morgan fingerprint density at radius 3 is 2.77 bits per heavy atom. The maximum absolute atomic E-state index is 4.95. The molecule has 2 aliphatic rings. The Kier molecular flexibility index (Phi) is 6.76. The molecule has 0 bridgehead atoms. The molecule has 0 spiro atoms. The molecule has 2 N–H and O–H groups in total. The standard InChI is InChI=1S/C21H31BrN4/c1-3-12-26-13-8-19(9-14-26)25-20(23-4-2)24-16-21(10-11-21)17-6-5-7-18(22)15-17/h3,5-7,15,19H,1,4,8-14,16H2,2H3,(H2,23,24,25). The maximum atomic E-state index is 4.95. The molecule has 1 aliphatic carbocycles. The SMILES string of the molecule is C=CCN1CCC(NC(=NCC2(c3cccc(Br)c3)CC2)NCC)CC1. The van der Waals surface area contributed by atoms with E-state index in [-0.39, 0.29) is 5.41 Å². The van der Waals surface area contributed by atoms with E-state index in [1.165, 1.54) is 18.4 Å². The van der Waals surface area contributed by atoms with Gasteiger partial charge in [0.25, 0.3) is 0 Å². The van der Waals surface area contributed by atoms with Crippen molar-refractivity contribution in [2.24, 2.45) is 4.99 Å². The van der Waals surface area contributed by atoms with Gasteiger partial charge in [-0.3, -0.25) is 9.89 Å². The van der Waals surface area contributed by atoms with Crippen molar-refractivity contribution in [2.75, 3.05) is 32.7 Å². The number of rotatable bonds is 7. The van der Waals surface area contributed by atoms with E-state index in [1.54, 1.807) is 0 Å². The first-order chi connectivity index (χ1) is 12.6. The average Bonchev–Trinajstić information content (AvgIpc) is 3.43. The van der Waals surface area contributed by atoms with Gasteiger partial charge in [0.05, 0.1) is 6.54 Å². The minimum Gasteiger partial charge on any atom is -0.357 e. The minimum atomic E-state index is 0.236. The summed E-state index contributed by atoms with van der Waals surface area (Å²) in [5, 5.41) is 7.09. The lowest BCUT2D eigenvalue weighted by Gasteiger charge is -2.32. The normalized spacial score (nSPS) is 20.6. The number of nitrogens with one attached hydrogen (secondary N) is 2. The summed E-state index contributed by atoms with van der Waals surface area (Å²) in [5.74, 6) is 0.968. The van der Waals surface area contributed by atoms with Crippen LogP contribution in [0.25, 0.3) is 0 Å². The number of halogens is 1. The summed E-state index contributed by atoms with van der Waals surface area (Å²) in [6, 6.07) is 9.22. The molecule has 2 fully saturated rings. The Morgan fingerprint density at radius 1 is 1.38 bits per heavy atom. The molecule has 26 heavy (non-hydrogen) atoms. The molecule has 0 aromatic heterocycles. The summed E-state index contributed by atoms with van der Waals surface area (Å²) in [6.45, 7) is 11.0. The monoisotopic (exact) mass is 418 g/mol. The Labute approximate surface area is 166 Å². The zero-order valence-corrected chi connectivity index (χ0v) is 17.4. The van der Waals surface area contributed by atoms with E-state index in [9.17, 15) is 0 Å². The first kappa shape index (κ1) is 19.4. The van der Waals surface area contributed by atoms with Crippen molar-refractivity contribution in [1.82, 2.24) is 15.5 Å². The van der Waals surface area contributed by atoms with Gasteiger partial charge < -0.3 is 10.6 Å². The second kappa shape index (κ2) is 9.05. The van der Waals surface area contributed by atoms with Crippen molar-refractivity contribution in [3.05, 3.63) is 47.0 Å². The first-order valence-corrected chi connectivity index (χ1v) is 10.6. The molecule has 142 valence electrons. The van der Waals surface area contributed by atoms with Gasteiger partial charge in [0, 0.05) is 42.1 Å². The Hall–Kier alpha value is -1.33. The fourth-order valence-corrected chi connectivity index (χ4v) is 4.09. The minimum absolute atomic E-state index is 0.236. The molecule has 1 heterocycles. The Balaban J connectivity index is 1.58. The van der Waals surface area contributed by atoms with Crippen LogP contribution in [0.2, 0.25) is 0 Å². The lowest BCUT2D eigenvalue weighted by molar-refractivity contribution is 0.225. The van der Waals surface area contributed by atoms with Gasteiger partial charge >= 0.3 is 0 Å². The molecule has 4 nitrogen and oxygen atoms in total. The van der Waals surface area contributed by atoms with Crippen LogP contribution >= 0.6 is 15.9 Å². The van der Waals surface area contributed by atoms with Gasteiger partial charge in [0.15, 0.2) is 5.96 Å². The van der Waals surface area contributed by atoms with Crippen molar-refractivity contribution in [3.8, 4) is 0 Å². The molecule has 0 radical (unpaired) electrons. The number of hydrogen-bond acceptors (Lipinski definition) is 2. The zero-order chi connectivity index (χ0) is 18.4. The van der Waals surface area contributed by atoms with E-state index < -0.39 is 0 Å². The molecule has 3 rings (SSSR count). The summed E-state index contributed by atoms with van der Waals surface area (Å²) in [4.78, 5) is 7.41. The van der Waals surface area contributed by atoms with Crippen molar-refractivity contribution >= 4 is 21.9 Å². The van der Waals surface area contributed by atoms with Gasteiger partial charge in [-0.05, 0) is 50.3 Å². The summed E-state index contributed by atoms with van der Waals surface area (Å²) >= 11 is 3.60. The van der Waals surface area contributed by atoms with E-state index >= 15 is 0 Å². The van der Waals surface area contributed by atoms with Gasteiger partial charge in [0.1, 0.15) is 0 Å². The van der Waals surface area contributed by atoms with Crippen molar-refractivity contribution in [3.63, 3.8) is 0 Å². The highest BCUT2D eigenvalue weighted by molar-refractivity contribution is 9.10. The topological polar surface area (TPSA) is 39.7 Å². The molecule has 1 saturated carbocycles. The van der Waals surface area contributed by atoms with Crippen molar-refractivity contribution < 1.29 is 0 Å². The molecule has 0 unspecified atom stereocenters. The molecule has 0 amide bonds. The third kappa shape index (κ3) is 5.10. The summed E-state index contributed by atoms with van der Waals surface area (Å²) in [7, 11) is 0. The smallest absolute Gasteiger partial charge is 0.191 e. The third-order valence-corrected chi connectivity index (χ3v) is 5.98. The number of hydrogen-bond donors (Lipinski definition) is 2. The van der Waals surface area contributed by atoms with Crippen LogP contribution in [0, 0.1) is 0 Å². The lowest BCUT2D eigenvalue weighted by atomic mass is 9.96. The van der Waals surface area contributed by atoms with Crippen LogP contribution in [0.3, 0.4) is 0 Å². The average molecular weight is 419 g/mol. The van der Waals surface area contributed by atoms with Gasteiger partial charge in [-0.25, -0.2) is 0 Å². The summed E-state index contributed by atoms with van der Waals surface area (Å²) in [6.07, 6.45) is 6.78. The van der Waals surface area contributed by atoms with Gasteiger partial charge in [0.2, 0.25) is 0 Å². The van der Waals surface area contributed by atoms with Gasteiger partial charge in [-0.15, -0.1) is 6.58 Å². The van der Waals surface area contributed by atoms with Crippen LogP contribution < -0.4 is 10.6 Å². The molecule has 0 atom stereocenters. The van der Waals surface area contributed by atoms with E-state index in [0.717, 1.165) is 56.0 Å². The Morgan fingerprint density at radius 2 is 2.15 bits per heavy atom. The van der Waals surface area contributed by atoms with E-state index in [0.29, 0.717) is 6.04 Å². The number of aliphatic imine (C=N–C) groups is 1. The van der Waals surface area contributed by atoms with Crippen LogP contribution in [0.1, 0.15) is 38.2 Å². The molecular weight excluding hydrogens is 388 g/mol. The lowest BCUT2D eigenvalue weighted by Crippen LogP contribution is -2.48. The van der Waals surface area contributed by atoms with Crippen LogP contribution in [-0.2, 0) is 5.41 Å². The maximum Gasteiger partial charge on any atom is 0.191 e. The number of guanidine groups is 1. The van der Waals surface area contributed by atoms with Crippen LogP contribution in [0.15, 0.2) is 46.4 Å². The van der Waals surface area contributed by atoms with Crippen LogP contribution in [0.4, 0.5) is 0 Å². The number of piperidine rings is 1. The second-order valence-corrected chi connectivity index (χ2v) is 8.41. The zero-order valence-electron chi connectivity index (χ0n) is 15.8. The number of nitrogens with zero attached hydrogens (tertiary/aromatic N) is 2. The third-order valence-electron chi connectivity index (χ3n) is 5.49. The molecule has 1 aliphatic heterocycles. The highest BCUT2D eigenvalue weighted by Gasteiger charge is 2.44. The molecule has 1 saturated heterocycles. The van der Waals surface area contributed by atoms with E-state index in [2.05, 4.69) is 69.2 Å². The largest absolute Gasteiger partial charge is 0.357 e. The molecule has 5 heteroatoms. The Bertz CT molecular complexity index is 631. The predicted octanol–water partition coefficient (Wildman–Crippen LogP) is 3.69.